The third-order valence-electron chi connectivity index (χ3n) is 6.53. The Morgan fingerprint density at radius 1 is 1.14 bits per heavy atom. The fraction of sp³-hybridized carbons (Fsp3) is 0.522. The highest BCUT2D eigenvalue weighted by Gasteiger charge is 2.28. The van der Waals surface area contributed by atoms with E-state index in [0.29, 0.717) is 17.4 Å². The molecule has 2 aliphatic heterocycles. The van der Waals surface area contributed by atoms with Crippen molar-refractivity contribution in [2.45, 2.75) is 63.5 Å². The van der Waals surface area contributed by atoms with Crippen LogP contribution in [-0.4, -0.2) is 28.9 Å². The SMILES string of the molecule is C=c1o/c(=C/c2cc3c4c(c2)CC(O)CN4CCC3)c(=O)n1C1CCCCC1. The maximum Gasteiger partial charge on any atom is 0.296 e. The standard InChI is InChI=1S/C23H28N2O3/c1-15-25(19-7-3-2-4-8-19)23(27)21(28-15)12-16-10-17-6-5-9-24-14-20(26)13-18(11-16)22(17)24/h10-12,19-20,26H,1-9,13-14H2/b21-12+. The third-order valence-corrected chi connectivity index (χ3v) is 6.53. The molecule has 5 rings (SSSR count). The molecule has 3 aliphatic rings. The summed E-state index contributed by atoms with van der Waals surface area (Å²) in [5.41, 5.74) is 5.53. The van der Waals surface area contributed by atoms with Crippen molar-refractivity contribution in [2.75, 3.05) is 18.0 Å². The van der Waals surface area contributed by atoms with Crippen molar-refractivity contribution in [1.82, 2.24) is 4.57 Å². The highest BCUT2D eigenvalue weighted by atomic mass is 16.4. The minimum atomic E-state index is -0.327. The molecule has 0 bridgehead atoms. The van der Waals surface area contributed by atoms with Gasteiger partial charge in [0.2, 0.25) is 0 Å². The highest BCUT2D eigenvalue weighted by Crippen LogP contribution is 2.36. The van der Waals surface area contributed by atoms with Gasteiger partial charge in [-0.1, -0.05) is 19.3 Å². The van der Waals surface area contributed by atoms with Gasteiger partial charge in [0.15, 0.2) is 11.0 Å². The van der Waals surface area contributed by atoms with Crippen LogP contribution in [0, 0.1) is 0 Å². The topological polar surface area (TPSA) is 58.6 Å². The van der Waals surface area contributed by atoms with Crippen molar-refractivity contribution in [3.8, 4) is 0 Å². The Labute approximate surface area is 164 Å². The predicted octanol–water partition coefficient (Wildman–Crippen LogP) is 1.86. The van der Waals surface area contributed by atoms with Gasteiger partial charge in [-0.3, -0.25) is 9.36 Å². The van der Waals surface area contributed by atoms with Crippen LogP contribution < -0.4 is 21.4 Å². The summed E-state index contributed by atoms with van der Waals surface area (Å²) in [5, 5.41) is 10.2. The molecular weight excluding hydrogens is 352 g/mol. The first-order valence-corrected chi connectivity index (χ1v) is 10.6. The van der Waals surface area contributed by atoms with E-state index in [2.05, 4.69) is 23.6 Å². The van der Waals surface area contributed by atoms with Crippen molar-refractivity contribution >= 4 is 18.3 Å². The molecule has 148 valence electrons. The molecule has 1 saturated carbocycles. The van der Waals surface area contributed by atoms with E-state index in [1.807, 2.05) is 6.08 Å². The first-order chi connectivity index (χ1) is 13.6. The minimum absolute atomic E-state index is 0.0649. The molecule has 2 aromatic rings. The molecule has 1 N–H and O–H groups in total. The van der Waals surface area contributed by atoms with E-state index in [9.17, 15) is 9.90 Å². The van der Waals surface area contributed by atoms with Crippen LogP contribution in [0.25, 0.3) is 12.7 Å². The zero-order chi connectivity index (χ0) is 19.3. The summed E-state index contributed by atoms with van der Waals surface area (Å²) in [7, 11) is 0. The molecule has 5 nitrogen and oxygen atoms in total. The molecule has 1 aromatic carbocycles. The summed E-state index contributed by atoms with van der Waals surface area (Å²) in [6, 6.07) is 4.50. The normalized spacial score (nSPS) is 23.1. The number of rotatable bonds is 2. The van der Waals surface area contributed by atoms with Crippen LogP contribution in [0.3, 0.4) is 0 Å². The van der Waals surface area contributed by atoms with Gasteiger partial charge in [-0.2, -0.15) is 0 Å². The Hall–Kier alpha value is -2.27. The number of nitrogens with zero attached hydrogens (tertiary/aromatic N) is 2. The van der Waals surface area contributed by atoms with E-state index in [0.717, 1.165) is 57.2 Å². The van der Waals surface area contributed by atoms with E-state index >= 15 is 0 Å². The number of aliphatic hydroxyl groups excluding tert-OH is 1. The van der Waals surface area contributed by atoms with Gasteiger partial charge in [0.25, 0.3) is 5.56 Å². The Bertz CT molecular complexity index is 1060. The summed E-state index contributed by atoms with van der Waals surface area (Å²) in [6.45, 7) is 5.72. The molecule has 1 atom stereocenters. The fourth-order valence-electron chi connectivity index (χ4n) is 5.35. The number of benzene rings is 1. The quantitative estimate of drug-likeness (QED) is 0.864. The Morgan fingerprint density at radius 3 is 2.75 bits per heavy atom. The van der Waals surface area contributed by atoms with Crippen molar-refractivity contribution in [2.24, 2.45) is 0 Å². The Balaban J connectivity index is 1.58. The maximum absolute atomic E-state index is 13.0. The maximum atomic E-state index is 13.0. The number of oxazole rings is 1. The van der Waals surface area contributed by atoms with Crippen LogP contribution in [-0.2, 0) is 12.8 Å². The van der Waals surface area contributed by atoms with E-state index in [1.165, 1.54) is 23.2 Å². The van der Waals surface area contributed by atoms with Crippen molar-refractivity contribution in [3.63, 3.8) is 0 Å². The van der Waals surface area contributed by atoms with E-state index in [4.69, 9.17) is 4.42 Å². The van der Waals surface area contributed by atoms with Crippen molar-refractivity contribution in [1.29, 1.82) is 0 Å². The Morgan fingerprint density at radius 2 is 1.93 bits per heavy atom. The van der Waals surface area contributed by atoms with Crippen molar-refractivity contribution < 1.29 is 9.52 Å². The largest absolute Gasteiger partial charge is 0.436 e. The molecule has 1 unspecified atom stereocenters. The van der Waals surface area contributed by atoms with Gasteiger partial charge in [-0.25, -0.2) is 0 Å². The monoisotopic (exact) mass is 380 g/mol. The third kappa shape index (κ3) is 3.02. The second-order valence-corrected chi connectivity index (χ2v) is 8.57. The lowest BCUT2D eigenvalue weighted by atomic mass is 9.89. The van der Waals surface area contributed by atoms with Gasteiger partial charge in [-0.15, -0.1) is 0 Å². The fourth-order valence-corrected chi connectivity index (χ4v) is 5.35. The smallest absolute Gasteiger partial charge is 0.296 e. The lowest BCUT2D eigenvalue weighted by Crippen LogP contribution is -2.41. The first kappa shape index (κ1) is 17.8. The van der Waals surface area contributed by atoms with Crippen LogP contribution in [0.4, 0.5) is 5.69 Å². The number of aromatic nitrogens is 1. The Kier molecular flexibility index (Phi) is 4.43. The van der Waals surface area contributed by atoms with Crippen molar-refractivity contribution in [3.05, 3.63) is 50.1 Å². The number of aryl methyl sites for hydroxylation is 1. The summed E-state index contributed by atoms with van der Waals surface area (Å²) in [5.74, 6) is 0. The second-order valence-electron chi connectivity index (χ2n) is 8.57. The number of hydrogen-bond donors (Lipinski definition) is 1. The molecule has 0 spiro atoms. The average molecular weight is 380 g/mol. The number of anilines is 1. The molecule has 1 fully saturated rings. The van der Waals surface area contributed by atoms with Crippen LogP contribution in [0.15, 0.2) is 21.3 Å². The van der Waals surface area contributed by atoms with Crippen LogP contribution >= 0.6 is 0 Å². The summed E-state index contributed by atoms with van der Waals surface area (Å²) < 4.78 is 7.56. The predicted molar refractivity (Wildman–Crippen MR) is 110 cm³/mol. The first-order valence-electron chi connectivity index (χ1n) is 10.6. The van der Waals surface area contributed by atoms with Crippen LogP contribution in [0.2, 0.25) is 0 Å². The van der Waals surface area contributed by atoms with Crippen LogP contribution in [0.1, 0.15) is 61.3 Å². The molecule has 0 radical (unpaired) electrons. The molecule has 1 aromatic heterocycles. The molecule has 28 heavy (non-hydrogen) atoms. The second kappa shape index (κ2) is 6.96. The lowest BCUT2D eigenvalue weighted by Gasteiger charge is -2.39. The zero-order valence-electron chi connectivity index (χ0n) is 16.3. The van der Waals surface area contributed by atoms with Gasteiger partial charge in [0.05, 0.1) is 6.10 Å². The molecule has 1 aliphatic carbocycles. The van der Waals surface area contributed by atoms with Gasteiger partial charge < -0.3 is 14.4 Å². The van der Waals surface area contributed by atoms with Crippen LogP contribution in [0.5, 0.6) is 0 Å². The zero-order valence-corrected chi connectivity index (χ0v) is 16.3. The van der Waals surface area contributed by atoms with E-state index in [1.54, 1.807) is 4.57 Å². The number of aliphatic hydroxyl groups is 1. The molecule has 3 heterocycles. The van der Waals surface area contributed by atoms with Gasteiger partial charge in [0, 0.05) is 31.2 Å². The minimum Gasteiger partial charge on any atom is -0.436 e. The number of hydrogen-bond acceptors (Lipinski definition) is 4. The molecule has 0 saturated heterocycles. The van der Waals surface area contributed by atoms with Gasteiger partial charge >= 0.3 is 0 Å². The molecular formula is C23H28N2O3. The summed E-state index contributed by atoms with van der Waals surface area (Å²) >= 11 is 0. The highest BCUT2D eigenvalue weighted by molar-refractivity contribution is 5.68. The van der Waals surface area contributed by atoms with E-state index < -0.39 is 0 Å². The van der Waals surface area contributed by atoms with Gasteiger partial charge in [-0.05, 0) is 67.2 Å². The van der Waals surface area contributed by atoms with E-state index in [-0.39, 0.29) is 17.7 Å². The molecule has 0 amide bonds. The summed E-state index contributed by atoms with van der Waals surface area (Å²) in [6.07, 6.45) is 9.96. The molecule has 5 heteroatoms. The summed E-state index contributed by atoms with van der Waals surface area (Å²) in [4.78, 5) is 15.3. The lowest BCUT2D eigenvalue weighted by molar-refractivity contribution is 0.174. The average Bonchev–Trinajstić information content (AvgIpc) is 2.95. The van der Waals surface area contributed by atoms with Gasteiger partial charge in [0.1, 0.15) is 0 Å².